The van der Waals surface area contributed by atoms with Gasteiger partial charge in [0.25, 0.3) is 0 Å². The maximum atomic E-state index is 9.97. The van der Waals surface area contributed by atoms with Gasteiger partial charge in [-0.1, -0.05) is 36.4 Å². The molecule has 0 aromatic heterocycles. The molecular weight excluding hydrogens is 198 g/mol. The monoisotopic (exact) mass is 215 g/mol. The quantitative estimate of drug-likeness (QED) is 0.821. The van der Waals surface area contributed by atoms with Gasteiger partial charge in [-0.3, -0.25) is 0 Å². The van der Waals surface area contributed by atoms with E-state index < -0.39 is 0 Å². The summed E-state index contributed by atoms with van der Waals surface area (Å²) in [5.74, 6) is 0. The number of nitrogens with one attached hydrogen (secondary N) is 1. The predicted molar refractivity (Wildman–Crippen MR) is 67.5 cm³/mol. The zero-order valence-electron chi connectivity index (χ0n) is 9.48. The Labute approximate surface area is 95.9 Å². The lowest BCUT2D eigenvalue weighted by molar-refractivity contribution is 0.168. The number of rotatable bonds is 4. The van der Waals surface area contributed by atoms with E-state index >= 15 is 0 Å². The zero-order chi connectivity index (χ0) is 11.4. The Balaban J connectivity index is 2.25. The molecule has 1 atom stereocenters. The van der Waals surface area contributed by atoms with E-state index in [1.165, 1.54) is 10.8 Å². The van der Waals surface area contributed by atoms with E-state index in [0.29, 0.717) is 0 Å². The van der Waals surface area contributed by atoms with E-state index in [4.69, 9.17) is 0 Å². The molecule has 0 saturated heterocycles. The van der Waals surface area contributed by atoms with Crippen LogP contribution in [-0.2, 0) is 0 Å². The number of fused-ring (bicyclic) bond motifs is 1. The van der Waals surface area contributed by atoms with Crippen LogP contribution >= 0.6 is 0 Å². The van der Waals surface area contributed by atoms with Gasteiger partial charge in [0.15, 0.2) is 0 Å². The number of aliphatic hydroxyl groups is 1. The number of aliphatic hydroxyl groups excluding tert-OH is 1. The van der Waals surface area contributed by atoms with Crippen LogP contribution in [0.1, 0.15) is 18.1 Å². The normalized spacial score (nSPS) is 12.9. The molecule has 0 amide bonds. The first-order chi connectivity index (χ1) is 7.81. The van der Waals surface area contributed by atoms with Gasteiger partial charge in [0.05, 0.1) is 6.10 Å². The smallest absolute Gasteiger partial charge is 0.0802 e. The summed E-state index contributed by atoms with van der Waals surface area (Å²) < 4.78 is 0. The van der Waals surface area contributed by atoms with Crippen molar-refractivity contribution in [3.63, 3.8) is 0 Å². The molecule has 0 heterocycles. The summed E-state index contributed by atoms with van der Waals surface area (Å²) in [6, 6.07) is 14.3. The Morgan fingerprint density at radius 3 is 2.62 bits per heavy atom. The largest absolute Gasteiger partial charge is 0.388 e. The average molecular weight is 215 g/mol. The van der Waals surface area contributed by atoms with Crippen LogP contribution in [0, 0.1) is 0 Å². The zero-order valence-corrected chi connectivity index (χ0v) is 9.48. The predicted octanol–water partition coefficient (Wildman–Crippen LogP) is 2.48. The average Bonchev–Trinajstić information content (AvgIpc) is 2.35. The minimum Gasteiger partial charge on any atom is -0.388 e. The maximum Gasteiger partial charge on any atom is 0.0802 e. The molecule has 0 aliphatic rings. The van der Waals surface area contributed by atoms with Crippen molar-refractivity contribution in [3.8, 4) is 0 Å². The third-order valence-electron chi connectivity index (χ3n) is 2.83. The van der Waals surface area contributed by atoms with Crippen LogP contribution in [-0.4, -0.2) is 18.7 Å². The van der Waals surface area contributed by atoms with Crippen LogP contribution in [0.25, 0.3) is 10.8 Å². The van der Waals surface area contributed by atoms with Crippen LogP contribution in [0.5, 0.6) is 0 Å². The Bertz CT molecular complexity index is 467. The summed E-state index contributed by atoms with van der Waals surface area (Å²) >= 11 is 0. The first-order valence-corrected chi connectivity index (χ1v) is 5.62. The highest BCUT2D eigenvalue weighted by atomic mass is 16.3. The standard InChI is InChI=1S/C14H17NO/c1-15-9-8-14(16)13-7-6-11-4-2-3-5-12(11)10-13/h2-7,10,14-16H,8-9H2,1H3/t14-/m1/s1. The van der Waals surface area contributed by atoms with Gasteiger partial charge in [0.1, 0.15) is 0 Å². The van der Waals surface area contributed by atoms with Crippen molar-refractivity contribution in [1.82, 2.24) is 5.32 Å². The topological polar surface area (TPSA) is 32.3 Å². The molecule has 0 aliphatic carbocycles. The lowest BCUT2D eigenvalue weighted by Gasteiger charge is -2.11. The summed E-state index contributed by atoms with van der Waals surface area (Å²) in [6.45, 7) is 0.827. The second-order valence-electron chi connectivity index (χ2n) is 4.01. The van der Waals surface area contributed by atoms with E-state index in [2.05, 4.69) is 29.6 Å². The fraction of sp³-hybridized carbons (Fsp3) is 0.286. The Morgan fingerprint density at radius 2 is 1.88 bits per heavy atom. The van der Waals surface area contributed by atoms with E-state index in [1.54, 1.807) is 0 Å². The van der Waals surface area contributed by atoms with Crippen molar-refractivity contribution in [3.05, 3.63) is 48.0 Å². The molecule has 2 aromatic rings. The van der Waals surface area contributed by atoms with Gasteiger partial charge in [-0.05, 0) is 42.4 Å². The molecular formula is C14H17NO. The van der Waals surface area contributed by atoms with E-state index in [0.717, 1.165) is 18.5 Å². The molecule has 0 fully saturated rings. The Hall–Kier alpha value is -1.38. The van der Waals surface area contributed by atoms with Crippen molar-refractivity contribution in [1.29, 1.82) is 0 Å². The highest BCUT2D eigenvalue weighted by Gasteiger charge is 2.06. The highest BCUT2D eigenvalue weighted by Crippen LogP contribution is 2.21. The molecule has 0 radical (unpaired) electrons. The van der Waals surface area contributed by atoms with Gasteiger partial charge in [0.2, 0.25) is 0 Å². The van der Waals surface area contributed by atoms with Gasteiger partial charge < -0.3 is 10.4 Å². The van der Waals surface area contributed by atoms with Crippen molar-refractivity contribution < 1.29 is 5.11 Å². The molecule has 2 rings (SSSR count). The summed E-state index contributed by atoms with van der Waals surface area (Å²) in [4.78, 5) is 0. The third kappa shape index (κ3) is 2.40. The maximum absolute atomic E-state index is 9.97. The lowest BCUT2D eigenvalue weighted by atomic mass is 10.0. The van der Waals surface area contributed by atoms with Crippen LogP contribution in [0.4, 0.5) is 0 Å². The summed E-state index contributed by atoms with van der Waals surface area (Å²) in [5, 5.41) is 15.4. The minimum absolute atomic E-state index is 0.378. The summed E-state index contributed by atoms with van der Waals surface area (Å²) in [7, 11) is 1.90. The fourth-order valence-corrected chi connectivity index (χ4v) is 1.86. The lowest BCUT2D eigenvalue weighted by Crippen LogP contribution is -2.11. The van der Waals surface area contributed by atoms with Crippen LogP contribution < -0.4 is 5.32 Å². The molecule has 0 bridgehead atoms. The second-order valence-corrected chi connectivity index (χ2v) is 4.01. The molecule has 16 heavy (non-hydrogen) atoms. The second kappa shape index (κ2) is 5.10. The SMILES string of the molecule is CNCC[C@@H](O)c1ccc2ccccc2c1. The summed E-state index contributed by atoms with van der Waals surface area (Å²) in [5.41, 5.74) is 0.994. The molecule has 2 heteroatoms. The number of benzene rings is 2. The van der Waals surface area contributed by atoms with E-state index in [-0.39, 0.29) is 6.10 Å². The molecule has 2 aromatic carbocycles. The number of hydrogen-bond acceptors (Lipinski definition) is 2. The van der Waals surface area contributed by atoms with Gasteiger partial charge in [-0.2, -0.15) is 0 Å². The highest BCUT2D eigenvalue weighted by molar-refractivity contribution is 5.83. The van der Waals surface area contributed by atoms with Crippen LogP contribution in [0.3, 0.4) is 0 Å². The van der Waals surface area contributed by atoms with Gasteiger partial charge in [0, 0.05) is 0 Å². The Kier molecular flexibility index (Phi) is 3.54. The molecule has 0 saturated carbocycles. The number of hydrogen-bond donors (Lipinski definition) is 2. The third-order valence-corrected chi connectivity index (χ3v) is 2.83. The van der Waals surface area contributed by atoms with Gasteiger partial charge >= 0.3 is 0 Å². The molecule has 2 nitrogen and oxygen atoms in total. The first kappa shape index (κ1) is 11.1. The van der Waals surface area contributed by atoms with Crippen molar-refractivity contribution in [2.45, 2.75) is 12.5 Å². The van der Waals surface area contributed by atoms with Crippen LogP contribution in [0.15, 0.2) is 42.5 Å². The fourth-order valence-electron chi connectivity index (χ4n) is 1.86. The molecule has 0 spiro atoms. The minimum atomic E-state index is -0.378. The molecule has 84 valence electrons. The van der Waals surface area contributed by atoms with E-state index in [9.17, 15) is 5.11 Å². The van der Waals surface area contributed by atoms with Gasteiger partial charge in [-0.15, -0.1) is 0 Å². The Morgan fingerprint density at radius 1 is 1.12 bits per heavy atom. The molecule has 0 unspecified atom stereocenters. The first-order valence-electron chi connectivity index (χ1n) is 5.62. The van der Waals surface area contributed by atoms with Crippen molar-refractivity contribution in [2.75, 3.05) is 13.6 Å². The van der Waals surface area contributed by atoms with Gasteiger partial charge in [-0.25, -0.2) is 0 Å². The van der Waals surface area contributed by atoms with Crippen molar-refractivity contribution >= 4 is 10.8 Å². The molecule has 2 N–H and O–H groups in total. The van der Waals surface area contributed by atoms with E-state index in [1.807, 2.05) is 25.2 Å². The van der Waals surface area contributed by atoms with Crippen molar-refractivity contribution in [2.24, 2.45) is 0 Å². The van der Waals surface area contributed by atoms with Crippen LogP contribution in [0.2, 0.25) is 0 Å². The summed E-state index contributed by atoms with van der Waals surface area (Å²) in [6.07, 6.45) is 0.367. The molecule has 0 aliphatic heterocycles.